The number of fused-ring (bicyclic) bond motifs is 1. The number of hydrogen-bond donors (Lipinski definition) is 1. The largest absolute Gasteiger partial charge is 0.496 e. The fourth-order valence-corrected chi connectivity index (χ4v) is 3.89. The number of ether oxygens (including phenoxy) is 1. The van der Waals surface area contributed by atoms with Crippen LogP contribution in [0.4, 0.5) is 0 Å². The average molecular weight is 372 g/mol. The fourth-order valence-electron chi connectivity index (χ4n) is 2.62. The van der Waals surface area contributed by atoms with E-state index in [-0.39, 0.29) is 5.91 Å². The van der Waals surface area contributed by atoms with E-state index < -0.39 is 0 Å². The Morgan fingerprint density at radius 1 is 1.08 bits per heavy atom. The first-order chi connectivity index (χ1) is 12.2. The predicted molar refractivity (Wildman–Crippen MR) is 105 cm³/mol. The van der Waals surface area contributed by atoms with Gasteiger partial charge in [0.2, 0.25) is 5.91 Å². The van der Waals surface area contributed by atoms with E-state index in [1.807, 2.05) is 60.7 Å². The molecule has 3 nitrogen and oxygen atoms in total. The molecule has 0 unspecified atom stereocenters. The van der Waals surface area contributed by atoms with E-state index >= 15 is 0 Å². The third-order valence-corrected chi connectivity index (χ3v) is 5.22. The quantitative estimate of drug-likeness (QED) is 0.625. The van der Waals surface area contributed by atoms with Gasteiger partial charge in [-0.15, -0.1) is 11.8 Å². The van der Waals surface area contributed by atoms with Crippen LogP contribution in [0, 0.1) is 0 Å². The minimum atomic E-state index is -0.0278. The Morgan fingerprint density at radius 2 is 1.84 bits per heavy atom. The van der Waals surface area contributed by atoms with Crippen LogP contribution in [-0.2, 0) is 11.3 Å². The van der Waals surface area contributed by atoms with Crippen molar-refractivity contribution in [2.45, 2.75) is 11.4 Å². The lowest BCUT2D eigenvalue weighted by atomic mass is 10.1. The van der Waals surface area contributed by atoms with Crippen molar-refractivity contribution in [3.05, 3.63) is 71.2 Å². The van der Waals surface area contributed by atoms with Crippen LogP contribution in [0.1, 0.15) is 5.56 Å². The fraction of sp³-hybridized carbons (Fsp3) is 0.150. The lowest BCUT2D eigenvalue weighted by Crippen LogP contribution is -2.24. The molecule has 0 fully saturated rings. The molecular formula is C20H18ClNO2S. The van der Waals surface area contributed by atoms with Crippen molar-refractivity contribution < 1.29 is 9.53 Å². The van der Waals surface area contributed by atoms with Gasteiger partial charge in [0.05, 0.1) is 12.9 Å². The van der Waals surface area contributed by atoms with E-state index in [0.717, 1.165) is 27.0 Å². The Labute approximate surface area is 156 Å². The van der Waals surface area contributed by atoms with Crippen molar-refractivity contribution in [2.75, 3.05) is 12.9 Å². The first-order valence-corrected chi connectivity index (χ1v) is 9.24. The van der Waals surface area contributed by atoms with Crippen LogP contribution in [0.15, 0.2) is 65.6 Å². The summed E-state index contributed by atoms with van der Waals surface area (Å²) in [7, 11) is 1.63. The molecule has 0 aliphatic rings. The molecule has 0 saturated carbocycles. The van der Waals surface area contributed by atoms with Crippen molar-refractivity contribution in [1.29, 1.82) is 0 Å². The number of rotatable bonds is 6. The third-order valence-electron chi connectivity index (χ3n) is 3.84. The zero-order chi connectivity index (χ0) is 17.6. The molecule has 3 rings (SSSR count). The first-order valence-electron chi connectivity index (χ1n) is 7.87. The number of nitrogens with one attached hydrogen (secondary N) is 1. The normalized spacial score (nSPS) is 10.6. The highest BCUT2D eigenvalue weighted by Crippen LogP contribution is 2.33. The van der Waals surface area contributed by atoms with E-state index in [4.69, 9.17) is 16.3 Å². The van der Waals surface area contributed by atoms with E-state index in [1.54, 1.807) is 7.11 Å². The highest BCUT2D eigenvalue weighted by molar-refractivity contribution is 8.00. The maximum Gasteiger partial charge on any atom is 0.230 e. The van der Waals surface area contributed by atoms with Crippen molar-refractivity contribution in [3.63, 3.8) is 0 Å². The van der Waals surface area contributed by atoms with Gasteiger partial charge in [-0.1, -0.05) is 54.1 Å². The van der Waals surface area contributed by atoms with Crippen LogP contribution in [0.2, 0.25) is 5.02 Å². The van der Waals surface area contributed by atoms with E-state index in [2.05, 4.69) is 5.32 Å². The van der Waals surface area contributed by atoms with Gasteiger partial charge in [-0.05, 0) is 23.6 Å². The number of hydrogen-bond acceptors (Lipinski definition) is 3. The molecule has 1 N–H and O–H groups in total. The van der Waals surface area contributed by atoms with Crippen molar-refractivity contribution >= 4 is 40.0 Å². The van der Waals surface area contributed by atoms with Gasteiger partial charge in [-0.3, -0.25) is 4.79 Å². The summed E-state index contributed by atoms with van der Waals surface area (Å²) in [6.45, 7) is 0.444. The van der Waals surface area contributed by atoms with Crippen LogP contribution in [0.5, 0.6) is 5.75 Å². The van der Waals surface area contributed by atoms with Crippen LogP contribution in [0.3, 0.4) is 0 Å². The second-order valence-corrected chi connectivity index (χ2v) is 6.90. The molecule has 3 aromatic carbocycles. The Morgan fingerprint density at radius 3 is 2.64 bits per heavy atom. The Balaban J connectivity index is 1.63. The second kappa shape index (κ2) is 8.28. The van der Waals surface area contributed by atoms with Crippen LogP contribution < -0.4 is 10.1 Å². The summed E-state index contributed by atoms with van der Waals surface area (Å²) in [6.07, 6.45) is 0. The SMILES string of the molecule is COc1ccccc1CNC(=O)CSc1cccc2cccc(Cl)c12. The molecular weight excluding hydrogens is 354 g/mol. The molecule has 128 valence electrons. The van der Waals surface area contributed by atoms with E-state index in [0.29, 0.717) is 17.3 Å². The molecule has 0 spiro atoms. The summed E-state index contributed by atoms with van der Waals surface area (Å²) in [5.74, 6) is 1.08. The lowest BCUT2D eigenvalue weighted by Gasteiger charge is -2.10. The highest BCUT2D eigenvalue weighted by Gasteiger charge is 2.09. The van der Waals surface area contributed by atoms with Gasteiger partial charge >= 0.3 is 0 Å². The smallest absolute Gasteiger partial charge is 0.230 e. The summed E-state index contributed by atoms with van der Waals surface area (Å²) in [5.41, 5.74) is 0.955. The molecule has 0 radical (unpaired) electrons. The Hall–Kier alpha value is -2.17. The topological polar surface area (TPSA) is 38.3 Å². The number of thioether (sulfide) groups is 1. The summed E-state index contributed by atoms with van der Waals surface area (Å²) in [6, 6.07) is 19.5. The summed E-state index contributed by atoms with van der Waals surface area (Å²) in [5, 5.41) is 5.71. The molecule has 0 aliphatic carbocycles. The lowest BCUT2D eigenvalue weighted by molar-refractivity contribution is -0.118. The van der Waals surface area contributed by atoms with Gasteiger partial charge in [-0.25, -0.2) is 0 Å². The molecule has 0 atom stereocenters. The molecule has 5 heteroatoms. The predicted octanol–water partition coefficient (Wildman–Crippen LogP) is 4.91. The molecule has 1 amide bonds. The minimum absolute atomic E-state index is 0.0278. The van der Waals surface area contributed by atoms with Crippen molar-refractivity contribution in [2.24, 2.45) is 0 Å². The number of para-hydroxylation sites is 1. The van der Waals surface area contributed by atoms with Gasteiger partial charge in [-0.2, -0.15) is 0 Å². The van der Waals surface area contributed by atoms with E-state index in [1.165, 1.54) is 11.8 Å². The van der Waals surface area contributed by atoms with Crippen molar-refractivity contribution in [3.8, 4) is 5.75 Å². The van der Waals surface area contributed by atoms with Gasteiger partial charge in [0.1, 0.15) is 5.75 Å². The summed E-state index contributed by atoms with van der Waals surface area (Å²) in [4.78, 5) is 13.2. The molecule has 25 heavy (non-hydrogen) atoms. The number of amides is 1. The summed E-state index contributed by atoms with van der Waals surface area (Å²) < 4.78 is 5.30. The van der Waals surface area contributed by atoms with Gasteiger partial charge < -0.3 is 10.1 Å². The number of carbonyl (C=O) groups is 1. The molecule has 0 bridgehead atoms. The third kappa shape index (κ3) is 4.27. The van der Waals surface area contributed by atoms with Gasteiger partial charge in [0.25, 0.3) is 0 Å². The highest BCUT2D eigenvalue weighted by atomic mass is 35.5. The van der Waals surface area contributed by atoms with Gasteiger partial charge in [0.15, 0.2) is 0 Å². The zero-order valence-corrected chi connectivity index (χ0v) is 15.4. The molecule has 0 saturated heterocycles. The zero-order valence-electron chi connectivity index (χ0n) is 13.8. The molecule has 3 aromatic rings. The minimum Gasteiger partial charge on any atom is -0.496 e. The molecule has 0 aliphatic heterocycles. The number of carbonyl (C=O) groups excluding carboxylic acids is 1. The second-order valence-electron chi connectivity index (χ2n) is 5.47. The molecule has 0 heterocycles. The number of benzene rings is 3. The van der Waals surface area contributed by atoms with E-state index in [9.17, 15) is 4.79 Å². The van der Waals surface area contributed by atoms with Crippen LogP contribution in [-0.4, -0.2) is 18.8 Å². The Kier molecular flexibility index (Phi) is 5.84. The van der Waals surface area contributed by atoms with Gasteiger partial charge in [0, 0.05) is 27.4 Å². The standard InChI is InChI=1S/C20H18ClNO2S/c1-24-17-10-3-2-6-15(17)12-22-19(23)13-25-18-11-5-8-14-7-4-9-16(21)20(14)18/h2-11H,12-13H2,1H3,(H,22,23). The average Bonchev–Trinajstić information content (AvgIpc) is 2.65. The maximum atomic E-state index is 12.2. The monoisotopic (exact) mass is 371 g/mol. The summed E-state index contributed by atoms with van der Waals surface area (Å²) >= 11 is 7.81. The molecule has 0 aromatic heterocycles. The van der Waals surface area contributed by atoms with Crippen LogP contribution in [0.25, 0.3) is 10.8 Å². The first kappa shape index (κ1) is 17.6. The van der Waals surface area contributed by atoms with Crippen molar-refractivity contribution in [1.82, 2.24) is 5.32 Å². The Bertz CT molecular complexity index is 893. The number of methoxy groups -OCH3 is 1. The van der Waals surface area contributed by atoms with Crippen LogP contribution >= 0.6 is 23.4 Å². The number of halogens is 1. The maximum absolute atomic E-state index is 12.2.